The highest BCUT2D eigenvalue weighted by atomic mass is 127. The van der Waals surface area contributed by atoms with Crippen LogP contribution in [0.2, 0.25) is 0 Å². The third kappa shape index (κ3) is 3.35. The summed E-state index contributed by atoms with van der Waals surface area (Å²) in [5, 5.41) is 9.01. The molecule has 1 rings (SSSR count). The zero-order chi connectivity index (χ0) is 13.8. The molecule has 1 aromatic rings. The van der Waals surface area contributed by atoms with Crippen molar-refractivity contribution >= 4 is 34.1 Å². The van der Waals surface area contributed by atoms with Gasteiger partial charge in [-0.2, -0.15) is 5.26 Å². The lowest BCUT2D eigenvalue weighted by Crippen LogP contribution is -2.32. The Morgan fingerprint density at radius 2 is 2.22 bits per heavy atom. The molecule has 0 aliphatic carbocycles. The van der Waals surface area contributed by atoms with Crippen molar-refractivity contribution in [2.24, 2.45) is 5.41 Å². The molecule has 0 aliphatic rings. The average molecular weight is 358 g/mol. The van der Waals surface area contributed by atoms with Gasteiger partial charge in [-0.25, -0.2) is 0 Å². The number of nitrogens with zero attached hydrogens (tertiary/aromatic N) is 1. The molecule has 4 nitrogen and oxygen atoms in total. The molecule has 0 atom stereocenters. The Labute approximate surface area is 120 Å². The van der Waals surface area contributed by atoms with Crippen molar-refractivity contribution in [3.8, 4) is 11.8 Å². The molecule has 0 heterocycles. The number of carbonyl (C=O) groups excluding carboxylic acids is 1. The van der Waals surface area contributed by atoms with Crippen LogP contribution in [-0.4, -0.2) is 16.8 Å². The summed E-state index contributed by atoms with van der Waals surface area (Å²) < 4.78 is 6.01. The maximum Gasteiger partial charge on any atom is 0.151 e. The summed E-state index contributed by atoms with van der Waals surface area (Å²) in [7, 11) is 0. The van der Waals surface area contributed by atoms with Crippen LogP contribution in [0.25, 0.3) is 0 Å². The molecule has 0 fully saturated rings. The SMILES string of the molecule is CC(C)(COc1cccc(N)c1C#N)C(=O)CI. The van der Waals surface area contributed by atoms with E-state index < -0.39 is 5.41 Å². The van der Waals surface area contributed by atoms with E-state index in [-0.39, 0.29) is 12.4 Å². The summed E-state index contributed by atoms with van der Waals surface area (Å²) >= 11 is 2.04. The molecule has 2 N–H and O–H groups in total. The van der Waals surface area contributed by atoms with Crippen LogP contribution in [0.4, 0.5) is 5.69 Å². The molecule has 0 saturated carbocycles. The van der Waals surface area contributed by atoms with E-state index in [1.165, 1.54) is 0 Å². The number of nitrogens with two attached hydrogens (primary N) is 1. The Hall–Kier alpha value is -1.29. The van der Waals surface area contributed by atoms with Gasteiger partial charge >= 0.3 is 0 Å². The van der Waals surface area contributed by atoms with Crippen LogP contribution in [0.1, 0.15) is 19.4 Å². The van der Waals surface area contributed by atoms with Crippen LogP contribution < -0.4 is 10.5 Å². The minimum absolute atomic E-state index is 0.116. The second-order valence-corrected chi connectivity index (χ2v) is 5.32. The van der Waals surface area contributed by atoms with Gasteiger partial charge in [0.05, 0.1) is 15.5 Å². The third-order valence-corrected chi connectivity index (χ3v) is 3.33. The molecule has 0 aromatic heterocycles. The van der Waals surface area contributed by atoms with Crippen molar-refractivity contribution < 1.29 is 9.53 Å². The number of nitriles is 1. The Morgan fingerprint density at radius 1 is 1.56 bits per heavy atom. The third-order valence-electron chi connectivity index (χ3n) is 2.63. The van der Waals surface area contributed by atoms with Crippen LogP contribution in [0.15, 0.2) is 18.2 Å². The van der Waals surface area contributed by atoms with Gasteiger partial charge in [-0.15, -0.1) is 0 Å². The van der Waals surface area contributed by atoms with Crippen LogP contribution in [0.3, 0.4) is 0 Å². The highest BCUT2D eigenvalue weighted by Crippen LogP contribution is 2.26. The van der Waals surface area contributed by atoms with Crippen molar-refractivity contribution in [3.05, 3.63) is 23.8 Å². The summed E-state index contributed by atoms with van der Waals surface area (Å²) in [5.74, 6) is 0.539. The molecule has 18 heavy (non-hydrogen) atoms. The van der Waals surface area contributed by atoms with Gasteiger partial charge in [0.15, 0.2) is 5.78 Å². The number of nitrogen functional groups attached to an aromatic ring is 1. The molecule has 0 bridgehead atoms. The summed E-state index contributed by atoms with van der Waals surface area (Å²) in [6, 6.07) is 7.05. The van der Waals surface area contributed by atoms with E-state index in [1.54, 1.807) is 18.2 Å². The van der Waals surface area contributed by atoms with Gasteiger partial charge in [0.2, 0.25) is 0 Å². The van der Waals surface area contributed by atoms with Crippen LogP contribution in [0, 0.1) is 16.7 Å². The Kier molecular flexibility index (Phi) is 4.96. The lowest BCUT2D eigenvalue weighted by molar-refractivity contribution is -0.125. The summed E-state index contributed by atoms with van der Waals surface area (Å²) in [5.41, 5.74) is 5.81. The predicted octanol–water partition coefficient (Wildman–Crippen LogP) is 2.55. The Balaban J connectivity index is 2.85. The van der Waals surface area contributed by atoms with Crippen molar-refractivity contribution in [2.75, 3.05) is 16.8 Å². The van der Waals surface area contributed by atoms with E-state index in [2.05, 4.69) is 0 Å². The minimum Gasteiger partial charge on any atom is -0.491 e. The van der Waals surface area contributed by atoms with Crippen molar-refractivity contribution in [1.82, 2.24) is 0 Å². The first-order valence-electron chi connectivity index (χ1n) is 5.43. The largest absolute Gasteiger partial charge is 0.491 e. The fraction of sp³-hybridized carbons (Fsp3) is 0.385. The monoisotopic (exact) mass is 358 g/mol. The number of carbonyl (C=O) groups is 1. The summed E-state index contributed by atoms with van der Waals surface area (Å²) in [6.07, 6.45) is 0. The summed E-state index contributed by atoms with van der Waals surface area (Å²) in [4.78, 5) is 11.7. The number of halogens is 1. The highest BCUT2D eigenvalue weighted by molar-refractivity contribution is 14.1. The second kappa shape index (κ2) is 6.05. The van der Waals surface area contributed by atoms with Crippen molar-refractivity contribution in [3.63, 3.8) is 0 Å². The maximum atomic E-state index is 11.7. The first-order valence-corrected chi connectivity index (χ1v) is 6.95. The van der Waals surface area contributed by atoms with Gasteiger partial charge < -0.3 is 10.5 Å². The maximum absolute atomic E-state index is 11.7. The molecular weight excluding hydrogens is 343 g/mol. The van der Waals surface area contributed by atoms with Gasteiger partial charge in [0, 0.05) is 0 Å². The zero-order valence-corrected chi connectivity index (χ0v) is 12.5. The number of benzene rings is 1. The van der Waals surface area contributed by atoms with Crippen molar-refractivity contribution in [1.29, 1.82) is 5.26 Å². The van der Waals surface area contributed by atoms with E-state index in [1.807, 2.05) is 42.5 Å². The van der Waals surface area contributed by atoms with Gasteiger partial charge in [-0.05, 0) is 26.0 Å². The standard InChI is InChI=1S/C13H15IN2O2/c1-13(2,12(17)6-14)8-18-11-5-3-4-10(16)9(11)7-15/h3-5H,6,8,16H2,1-2H3. The van der Waals surface area contributed by atoms with Gasteiger partial charge in [-0.3, -0.25) is 4.79 Å². The van der Waals surface area contributed by atoms with Gasteiger partial charge in [-0.1, -0.05) is 28.7 Å². The first-order chi connectivity index (χ1) is 8.42. The highest BCUT2D eigenvalue weighted by Gasteiger charge is 2.27. The Morgan fingerprint density at radius 3 is 2.78 bits per heavy atom. The van der Waals surface area contributed by atoms with E-state index in [0.717, 1.165) is 0 Å². The molecule has 1 aromatic carbocycles. The first kappa shape index (κ1) is 14.8. The molecular formula is C13H15IN2O2. The number of rotatable bonds is 5. The zero-order valence-electron chi connectivity index (χ0n) is 10.4. The average Bonchev–Trinajstić information content (AvgIpc) is 2.35. The summed E-state index contributed by atoms with van der Waals surface area (Å²) in [6.45, 7) is 3.88. The molecule has 0 saturated heterocycles. The number of hydrogen-bond donors (Lipinski definition) is 1. The second-order valence-electron chi connectivity index (χ2n) is 4.56. The predicted molar refractivity (Wildman–Crippen MR) is 78.7 cm³/mol. The lowest BCUT2D eigenvalue weighted by Gasteiger charge is -2.22. The van der Waals surface area contributed by atoms with E-state index >= 15 is 0 Å². The number of ether oxygens (including phenoxy) is 1. The number of ketones is 1. The van der Waals surface area contributed by atoms with E-state index in [0.29, 0.717) is 21.4 Å². The van der Waals surface area contributed by atoms with Crippen molar-refractivity contribution in [2.45, 2.75) is 13.8 Å². The molecule has 0 radical (unpaired) electrons. The minimum atomic E-state index is -0.571. The fourth-order valence-electron chi connectivity index (χ4n) is 1.31. The quantitative estimate of drug-likeness (QED) is 0.499. The molecule has 0 unspecified atom stereocenters. The molecule has 96 valence electrons. The van der Waals surface area contributed by atoms with E-state index in [9.17, 15) is 4.79 Å². The number of alkyl halides is 1. The number of hydrogen-bond acceptors (Lipinski definition) is 4. The van der Waals surface area contributed by atoms with Crippen LogP contribution >= 0.6 is 22.6 Å². The fourth-order valence-corrected chi connectivity index (χ4v) is 2.34. The molecule has 0 aliphatic heterocycles. The number of Topliss-reactive ketones (excluding diaryl/α,β-unsaturated/α-hetero) is 1. The number of anilines is 1. The smallest absolute Gasteiger partial charge is 0.151 e. The molecule has 0 spiro atoms. The molecule has 0 amide bonds. The van der Waals surface area contributed by atoms with Crippen LogP contribution in [0.5, 0.6) is 5.75 Å². The normalized spacial score (nSPS) is 10.8. The Bertz CT molecular complexity index is 492. The molecule has 5 heteroatoms. The van der Waals surface area contributed by atoms with Gasteiger partial charge in [0.25, 0.3) is 0 Å². The topological polar surface area (TPSA) is 76.1 Å². The van der Waals surface area contributed by atoms with Crippen LogP contribution in [-0.2, 0) is 4.79 Å². The van der Waals surface area contributed by atoms with Gasteiger partial charge in [0.1, 0.15) is 24.0 Å². The van der Waals surface area contributed by atoms with E-state index in [4.69, 9.17) is 15.7 Å². The lowest BCUT2D eigenvalue weighted by atomic mass is 9.90.